The highest BCUT2D eigenvalue weighted by Gasteiger charge is 2.25. The van der Waals surface area contributed by atoms with Gasteiger partial charge in [0.25, 0.3) is 0 Å². The summed E-state index contributed by atoms with van der Waals surface area (Å²) in [7, 11) is -3.03. The Kier molecular flexibility index (Phi) is 6.92. The van der Waals surface area contributed by atoms with E-state index in [1.807, 2.05) is 0 Å². The SMILES string of the molecule is CCC(CCCl)NCC1CCCN(S(C)(=O)=O)C1. The van der Waals surface area contributed by atoms with Crippen molar-refractivity contribution in [1.29, 1.82) is 0 Å². The van der Waals surface area contributed by atoms with Crippen molar-refractivity contribution in [3.05, 3.63) is 0 Å². The normalized spacial score (nSPS) is 24.1. The third-order valence-electron chi connectivity index (χ3n) is 3.60. The van der Waals surface area contributed by atoms with Gasteiger partial charge >= 0.3 is 0 Å². The first kappa shape index (κ1) is 16.2. The third-order valence-corrected chi connectivity index (χ3v) is 5.08. The zero-order valence-corrected chi connectivity index (χ0v) is 12.9. The third kappa shape index (κ3) is 5.43. The van der Waals surface area contributed by atoms with Gasteiger partial charge in [0, 0.05) is 25.0 Å². The summed E-state index contributed by atoms with van der Waals surface area (Å²) in [6, 6.07) is 0.455. The van der Waals surface area contributed by atoms with Crippen molar-refractivity contribution in [1.82, 2.24) is 9.62 Å². The lowest BCUT2D eigenvalue weighted by Gasteiger charge is -2.32. The maximum atomic E-state index is 11.5. The fourth-order valence-electron chi connectivity index (χ4n) is 2.41. The zero-order valence-electron chi connectivity index (χ0n) is 11.4. The highest BCUT2D eigenvalue weighted by Crippen LogP contribution is 2.18. The van der Waals surface area contributed by atoms with Crippen LogP contribution in [0.2, 0.25) is 0 Å². The van der Waals surface area contributed by atoms with Crippen molar-refractivity contribution in [2.75, 3.05) is 31.8 Å². The molecule has 0 aromatic heterocycles. The van der Waals surface area contributed by atoms with E-state index >= 15 is 0 Å². The maximum absolute atomic E-state index is 11.5. The molecule has 1 aliphatic heterocycles. The lowest BCUT2D eigenvalue weighted by molar-refractivity contribution is 0.253. The summed E-state index contributed by atoms with van der Waals surface area (Å²) in [6.45, 7) is 4.37. The molecule has 2 atom stereocenters. The largest absolute Gasteiger partial charge is 0.314 e. The van der Waals surface area contributed by atoms with Gasteiger partial charge in [0.2, 0.25) is 10.0 Å². The molecule has 1 aliphatic rings. The van der Waals surface area contributed by atoms with Crippen LogP contribution in [0.15, 0.2) is 0 Å². The molecule has 0 aliphatic carbocycles. The lowest BCUT2D eigenvalue weighted by atomic mass is 9.99. The van der Waals surface area contributed by atoms with Crippen LogP contribution < -0.4 is 5.32 Å². The van der Waals surface area contributed by atoms with Crippen LogP contribution in [0.5, 0.6) is 0 Å². The summed E-state index contributed by atoms with van der Waals surface area (Å²) in [6.07, 6.45) is 5.41. The Morgan fingerprint density at radius 3 is 2.78 bits per heavy atom. The molecule has 1 heterocycles. The van der Waals surface area contributed by atoms with Crippen LogP contribution in [-0.4, -0.2) is 50.5 Å². The Morgan fingerprint density at radius 2 is 2.22 bits per heavy atom. The molecule has 1 saturated heterocycles. The highest BCUT2D eigenvalue weighted by molar-refractivity contribution is 7.88. The Morgan fingerprint density at radius 1 is 1.50 bits per heavy atom. The molecular weight excluding hydrogens is 272 g/mol. The van der Waals surface area contributed by atoms with Gasteiger partial charge in [-0.3, -0.25) is 0 Å². The van der Waals surface area contributed by atoms with Crippen molar-refractivity contribution in [3.63, 3.8) is 0 Å². The maximum Gasteiger partial charge on any atom is 0.211 e. The molecular formula is C12H25ClN2O2S. The molecule has 1 rings (SSSR count). The van der Waals surface area contributed by atoms with Crippen LogP contribution >= 0.6 is 11.6 Å². The van der Waals surface area contributed by atoms with Crippen LogP contribution in [0.1, 0.15) is 32.6 Å². The summed E-state index contributed by atoms with van der Waals surface area (Å²) in [5.74, 6) is 1.10. The van der Waals surface area contributed by atoms with Crippen LogP contribution in [-0.2, 0) is 10.0 Å². The number of halogens is 1. The first-order valence-electron chi connectivity index (χ1n) is 6.71. The first-order chi connectivity index (χ1) is 8.47. The summed E-state index contributed by atoms with van der Waals surface area (Å²) < 4.78 is 24.6. The fraction of sp³-hybridized carbons (Fsp3) is 1.00. The van der Waals surface area contributed by atoms with Gasteiger partial charge in [-0.05, 0) is 38.1 Å². The summed E-state index contributed by atoms with van der Waals surface area (Å²) in [5.41, 5.74) is 0. The van der Waals surface area contributed by atoms with E-state index in [0.717, 1.165) is 32.2 Å². The highest BCUT2D eigenvalue weighted by atomic mass is 35.5. The number of alkyl halides is 1. The summed E-state index contributed by atoms with van der Waals surface area (Å²) in [4.78, 5) is 0. The molecule has 0 saturated carbocycles. The molecule has 0 aromatic carbocycles. The first-order valence-corrected chi connectivity index (χ1v) is 9.10. The molecule has 4 nitrogen and oxygen atoms in total. The van der Waals surface area contributed by atoms with E-state index in [2.05, 4.69) is 12.2 Å². The van der Waals surface area contributed by atoms with Crippen molar-refractivity contribution >= 4 is 21.6 Å². The number of piperidine rings is 1. The topological polar surface area (TPSA) is 49.4 Å². The second-order valence-electron chi connectivity index (χ2n) is 5.12. The van der Waals surface area contributed by atoms with Crippen molar-refractivity contribution in [2.45, 2.75) is 38.6 Å². The van der Waals surface area contributed by atoms with E-state index in [4.69, 9.17) is 11.6 Å². The van der Waals surface area contributed by atoms with E-state index in [-0.39, 0.29) is 0 Å². The van der Waals surface area contributed by atoms with Crippen LogP contribution in [0.4, 0.5) is 0 Å². The molecule has 0 spiro atoms. The van der Waals surface area contributed by atoms with Crippen molar-refractivity contribution in [3.8, 4) is 0 Å². The van der Waals surface area contributed by atoms with Crippen molar-refractivity contribution < 1.29 is 8.42 Å². The predicted octanol–water partition coefficient (Wildman–Crippen LogP) is 1.66. The Balaban J connectivity index is 2.38. The Labute approximate surface area is 116 Å². The van der Waals surface area contributed by atoms with Gasteiger partial charge in [0.05, 0.1) is 6.26 Å². The van der Waals surface area contributed by atoms with Crippen LogP contribution in [0.3, 0.4) is 0 Å². The number of sulfonamides is 1. The summed E-state index contributed by atoms with van der Waals surface area (Å²) >= 11 is 5.75. The molecule has 0 aromatic rings. The van der Waals surface area contributed by atoms with Crippen molar-refractivity contribution in [2.24, 2.45) is 5.92 Å². The molecule has 108 valence electrons. The standard InChI is InChI=1S/C12H25ClN2O2S/c1-3-12(6-7-13)14-9-11-5-4-8-15(10-11)18(2,16)17/h11-12,14H,3-10H2,1-2H3. The Bertz CT molecular complexity index is 335. The fourth-order valence-corrected chi connectivity index (χ4v) is 3.62. The van der Waals surface area contributed by atoms with Gasteiger partial charge in [0.1, 0.15) is 0 Å². The molecule has 2 unspecified atom stereocenters. The molecule has 0 radical (unpaired) electrons. The van der Waals surface area contributed by atoms with Crippen LogP contribution in [0.25, 0.3) is 0 Å². The number of hydrogen-bond donors (Lipinski definition) is 1. The predicted molar refractivity (Wildman–Crippen MR) is 76.6 cm³/mol. The van der Waals surface area contributed by atoms with E-state index < -0.39 is 10.0 Å². The average molecular weight is 297 g/mol. The second kappa shape index (κ2) is 7.68. The molecule has 1 N–H and O–H groups in total. The van der Waals surface area contributed by atoms with Gasteiger partial charge in [-0.15, -0.1) is 11.6 Å². The Hall–Kier alpha value is 0.160. The van der Waals surface area contributed by atoms with Gasteiger partial charge in [-0.2, -0.15) is 0 Å². The van der Waals surface area contributed by atoms with E-state index in [1.54, 1.807) is 4.31 Å². The molecule has 18 heavy (non-hydrogen) atoms. The van der Waals surface area contributed by atoms with E-state index in [0.29, 0.717) is 30.9 Å². The van der Waals surface area contributed by atoms with Crippen LogP contribution in [0, 0.1) is 5.92 Å². The average Bonchev–Trinajstić information content (AvgIpc) is 2.34. The molecule has 0 bridgehead atoms. The quantitative estimate of drug-likeness (QED) is 0.727. The number of hydrogen-bond acceptors (Lipinski definition) is 3. The number of nitrogens with one attached hydrogen (secondary N) is 1. The van der Waals surface area contributed by atoms with Gasteiger partial charge in [0.15, 0.2) is 0 Å². The minimum absolute atomic E-state index is 0.429. The monoisotopic (exact) mass is 296 g/mol. The summed E-state index contributed by atoms with van der Waals surface area (Å²) in [5, 5.41) is 3.51. The van der Waals surface area contributed by atoms with Gasteiger partial charge in [-0.1, -0.05) is 6.92 Å². The number of rotatable bonds is 7. The zero-order chi connectivity index (χ0) is 13.6. The molecule has 1 fully saturated rings. The van der Waals surface area contributed by atoms with E-state index in [9.17, 15) is 8.42 Å². The van der Waals surface area contributed by atoms with E-state index in [1.165, 1.54) is 6.26 Å². The minimum Gasteiger partial charge on any atom is -0.314 e. The minimum atomic E-state index is -3.03. The number of nitrogens with zero attached hydrogens (tertiary/aromatic N) is 1. The van der Waals surface area contributed by atoms with Gasteiger partial charge in [-0.25, -0.2) is 12.7 Å². The van der Waals surface area contributed by atoms with Gasteiger partial charge < -0.3 is 5.32 Å². The second-order valence-corrected chi connectivity index (χ2v) is 7.48. The smallest absolute Gasteiger partial charge is 0.211 e. The molecule has 6 heteroatoms. The molecule has 0 amide bonds. The lowest BCUT2D eigenvalue weighted by Crippen LogP contribution is -2.44.